The van der Waals surface area contributed by atoms with Crippen LogP contribution in [-0.4, -0.2) is 27.8 Å². The van der Waals surface area contributed by atoms with E-state index in [9.17, 15) is 0 Å². The normalized spacial score (nSPS) is 15.3. The lowest BCUT2D eigenvalue weighted by atomic mass is 10.1. The smallest absolute Gasteiger partial charge is 0.0540 e. The number of aromatic nitrogens is 2. The molecule has 0 fully saturated rings. The molecule has 86 valence electrons. The molecule has 3 nitrogen and oxygen atoms in total. The van der Waals surface area contributed by atoms with Crippen molar-refractivity contribution >= 4 is 11.8 Å². The summed E-state index contributed by atoms with van der Waals surface area (Å²) >= 11 is 1.89. The summed E-state index contributed by atoms with van der Waals surface area (Å²) in [7, 11) is 1.98. The highest BCUT2D eigenvalue weighted by Crippen LogP contribution is 2.16. The van der Waals surface area contributed by atoms with Crippen LogP contribution in [0.15, 0.2) is 6.20 Å². The number of hydrogen-bond acceptors (Lipinski definition) is 3. The molecule has 0 aliphatic rings. The average molecular weight is 227 g/mol. The van der Waals surface area contributed by atoms with Crippen molar-refractivity contribution in [2.45, 2.75) is 32.1 Å². The monoisotopic (exact) mass is 227 g/mol. The lowest BCUT2D eigenvalue weighted by molar-refractivity contribution is 0.572. The van der Waals surface area contributed by atoms with E-state index < -0.39 is 0 Å². The van der Waals surface area contributed by atoms with Crippen molar-refractivity contribution in [3.8, 4) is 0 Å². The highest BCUT2D eigenvalue weighted by Gasteiger charge is 2.12. The molecular weight excluding hydrogens is 206 g/mol. The minimum Gasteiger partial charge on any atom is -0.309 e. The molecule has 15 heavy (non-hydrogen) atoms. The molecule has 1 rings (SSSR count). The summed E-state index contributed by atoms with van der Waals surface area (Å²) in [6.45, 7) is 7.58. The second-order valence-electron chi connectivity index (χ2n) is 3.99. The van der Waals surface area contributed by atoms with Gasteiger partial charge in [0.1, 0.15) is 0 Å². The number of nitrogens with zero attached hydrogens (tertiary/aromatic N) is 2. The van der Waals surface area contributed by atoms with Crippen molar-refractivity contribution in [2.75, 3.05) is 12.8 Å². The van der Waals surface area contributed by atoms with E-state index >= 15 is 0 Å². The highest BCUT2D eigenvalue weighted by atomic mass is 32.2. The van der Waals surface area contributed by atoms with Crippen LogP contribution in [0.3, 0.4) is 0 Å². The van der Waals surface area contributed by atoms with Gasteiger partial charge in [0.2, 0.25) is 0 Å². The first-order valence-corrected chi connectivity index (χ1v) is 6.59. The molecule has 1 aromatic rings. The molecule has 0 amide bonds. The van der Waals surface area contributed by atoms with Gasteiger partial charge in [0.05, 0.1) is 6.20 Å². The Labute approximate surface area is 96.6 Å². The Morgan fingerprint density at radius 3 is 2.67 bits per heavy atom. The summed E-state index contributed by atoms with van der Waals surface area (Å²) in [5.74, 6) is 0. The van der Waals surface area contributed by atoms with Crippen LogP contribution in [0.5, 0.6) is 0 Å². The van der Waals surface area contributed by atoms with E-state index in [2.05, 4.69) is 37.4 Å². The van der Waals surface area contributed by atoms with Gasteiger partial charge < -0.3 is 5.32 Å². The Bertz CT molecular complexity index is 309. The second kappa shape index (κ2) is 5.56. The minimum absolute atomic E-state index is 0.383. The zero-order valence-corrected chi connectivity index (χ0v) is 11.1. The zero-order valence-electron chi connectivity index (χ0n) is 10.2. The summed E-state index contributed by atoms with van der Waals surface area (Å²) < 4.78 is 1.92. The van der Waals surface area contributed by atoms with Crippen molar-refractivity contribution in [2.24, 2.45) is 7.05 Å². The van der Waals surface area contributed by atoms with Gasteiger partial charge in [0.15, 0.2) is 0 Å². The second-order valence-corrected chi connectivity index (χ2v) is 5.26. The van der Waals surface area contributed by atoms with Crippen LogP contribution in [0.2, 0.25) is 0 Å². The van der Waals surface area contributed by atoms with Gasteiger partial charge in [0.25, 0.3) is 0 Å². The topological polar surface area (TPSA) is 29.9 Å². The van der Waals surface area contributed by atoms with E-state index in [1.807, 2.05) is 29.7 Å². The molecule has 0 radical (unpaired) electrons. The lowest BCUT2D eigenvalue weighted by Crippen LogP contribution is -2.25. The van der Waals surface area contributed by atoms with Crippen molar-refractivity contribution in [1.29, 1.82) is 0 Å². The van der Waals surface area contributed by atoms with Crippen LogP contribution in [-0.2, 0) is 7.05 Å². The number of thioether (sulfide) groups is 1. The van der Waals surface area contributed by atoms with Crippen LogP contribution >= 0.6 is 11.8 Å². The maximum absolute atomic E-state index is 4.26. The summed E-state index contributed by atoms with van der Waals surface area (Å²) in [4.78, 5) is 0. The van der Waals surface area contributed by atoms with Gasteiger partial charge in [-0.2, -0.15) is 16.9 Å². The molecule has 0 saturated carbocycles. The van der Waals surface area contributed by atoms with Crippen LogP contribution in [0.4, 0.5) is 0 Å². The SMILES string of the molecule is CSC(C)CNC(C)c1cnn(C)c1C. The first-order valence-electron chi connectivity index (χ1n) is 5.31. The molecule has 0 aliphatic heterocycles. The third kappa shape index (κ3) is 3.24. The third-order valence-corrected chi connectivity index (χ3v) is 3.82. The molecule has 0 saturated heterocycles. The molecule has 4 heteroatoms. The fourth-order valence-corrected chi connectivity index (χ4v) is 1.74. The summed E-state index contributed by atoms with van der Waals surface area (Å²) in [5.41, 5.74) is 2.54. The Balaban J connectivity index is 2.54. The zero-order chi connectivity index (χ0) is 11.4. The third-order valence-electron chi connectivity index (χ3n) is 2.85. The predicted molar refractivity (Wildman–Crippen MR) is 67.3 cm³/mol. The van der Waals surface area contributed by atoms with Crippen LogP contribution < -0.4 is 5.32 Å². The number of nitrogens with one attached hydrogen (secondary N) is 1. The van der Waals surface area contributed by atoms with Crippen molar-refractivity contribution in [1.82, 2.24) is 15.1 Å². The molecule has 0 spiro atoms. The molecule has 0 aromatic carbocycles. The fraction of sp³-hybridized carbons (Fsp3) is 0.727. The van der Waals surface area contributed by atoms with Crippen molar-refractivity contribution in [3.05, 3.63) is 17.5 Å². The maximum atomic E-state index is 4.26. The van der Waals surface area contributed by atoms with Gasteiger partial charge in [0, 0.05) is 36.1 Å². The molecule has 2 atom stereocenters. The molecule has 1 heterocycles. The Morgan fingerprint density at radius 1 is 1.53 bits per heavy atom. The average Bonchev–Trinajstić information content (AvgIpc) is 2.56. The summed E-state index contributed by atoms with van der Waals surface area (Å²) in [6.07, 6.45) is 4.10. The van der Waals surface area contributed by atoms with Crippen LogP contribution in [0, 0.1) is 6.92 Å². The molecule has 1 aromatic heterocycles. The molecule has 0 bridgehead atoms. The molecule has 2 unspecified atom stereocenters. The predicted octanol–water partition coefficient (Wildman–Crippen LogP) is 2.13. The fourth-order valence-electron chi connectivity index (χ4n) is 1.48. The minimum atomic E-state index is 0.383. The van der Waals surface area contributed by atoms with E-state index in [0.29, 0.717) is 11.3 Å². The Hall–Kier alpha value is -0.480. The van der Waals surface area contributed by atoms with Gasteiger partial charge in [-0.1, -0.05) is 6.92 Å². The van der Waals surface area contributed by atoms with Gasteiger partial charge in [-0.3, -0.25) is 4.68 Å². The number of aryl methyl sites for hydroxylation is 1. The highest BCUT2D eigenvalue weighted by molar-refractivity contribution is 7.99. The number of rotatable bonds is 5. The van der Waals surface area contributed by atoms with Crippen LogP contribution in [0.1, 0.15) is 31.1 Å². The van der Waals surface area contributed by atoms with Gasteiger partial charge in [-0.15, -0.1) is 0 Å². The molecule has 1 N–H and O–H groups in total. The van der Waals surface area contributed by atoms with Crippen LogP contribution in [0.25, 0.3) is 0 Å². The Kier molecular flexibility index (Phi) is 4.67. The van der Waals surface area contributed by atoms with E-state index in [4.69, 9.17) is 0 Å². The maximum Gasteiger partial charge on any atom is 0.0540 e. The summed E-state index contributed by atoms with van der Waals surface area (Å²) in [6, 6.07) is 0.383. The first kappa shape index (κ1) is 12.6. The molecular formula is C11H21N3S. The largest absolute Gasteiger partial charge is 0.309 e. The van der Waals surface area contributed by atoms with E-state index in [1.54, 1.807) is 0 Å². The van der Waals surface area contributed by atoms with Crippen molar-refractivity contribution in [3.63, 3.8) is 0 Å². The van der Waals surface area contributed by atoms with E-state index in [0.717, 1.165) is 6.54 Å². The summed E-state index contributed by atoms with van der Waals surface area (Å²) in [5, 5.41) is 8.44. The van der Waals surface area contributed by atoms with E-state index in [1.165, 1.54) is 11.3 Å². The lowest BCUT2D eigenvalue weighted by Gasteiger charge is -2.16. The standard InChI is InChI=1S/C11H21N3S/c1-8(15-5)6-12-9(2)11-7-13-14(4)10(11)3/h7-9,12H,6H2,1-5H3. The van der Waals surface area contributed by atoms with Crippen molar-refractivity contribution < 1.29 is 0 Å². The van der Waals surface area contributed by atoms with E-state index in [-0.39, 0.29) is 0 Å². The first-order chi connectivity index (χ1) is 7.06. The number of hydrogen-bond donors (Lipinski definition) is 1. The molecule has 0 aliphatic carbocycles. The van der Waals surface area contributed by atoms with Gasteiger partial charge >= 0.3 is 0 Å². The quantitative estimate of drug-likeness (QED) is 0.836. The van der Waals surface area contributed by atoms with Gasteiger partial charge in [-0.05, 0) is 20.1 Å². The van der Waals surface area contributed by atoms with Gasteiger partial charge in [-0.25, -0.2) is 0 Å². The Morgan fingerprint density at radius 2 is 2.20 bits per heavy atom.